The van der Waals surface area contributed by atoms with Crippen LogP contribution in [-0.2, 0) is 47.7 Å². The molecule has 3 aliphatic heterocycles. The lowest BCUT2D eigenvalue weighted by molar-refractivity contribution is -0.257. The Balaban J connectivity index is 1.49. The number of cyclic esters (lactones) is 2. The third kappa shape index (κ3) is 3.06. The van der Waals surface area contributed by atoms with Gasteiger partial charge in [-0.05, 0) is 37.7 Å². The number of hydrogen-bond acceptors (Lipinski definition) is 10. The van der Waals surface area contributed by atoms with Crippen LogP contribution in [-0.4, -0.2) is 66.3 Å². The van der Waals surface area contributed by atoms with Gasteiger partial charge in [0.1, 0.15) is 36.3 Å². The van der Waals surface area contributed by atoms with Crippen molar-refractivity contribution in [2.45, 2.75) is 104 Å². The summed E-state index contributed by atoms with van der Waals surface area (Å²) < 4.78 is 29.1. The Morgan fingerprint density at radius 3 is 2.17 bits per heavy atom. The number of epoxide rings is 1. The molecule has 6 aliphatic rings. The van der Waals surface area contributed by atoms with Crippen molar-refractivity contribution in [2.24, 2.45) is 33.5 Å². The summed E-state index contributed by atoms with van der Waals surface area (Å²) >= 11 is 0. The van der Waals surface area contributed by atoms with Gasteiger partial charge in [0.05, 0.1) is 11.0 Å². The molecular formula is C30H38O10. The van der Waals surface area contributed by atoms with Crippen LogP contribution in [0, 0.1) is 33.5 Å². The number of hydrogen-bond donors (Lipinski definition) is 0. The summed E-state index contributed by atoms with van der Waals surface area (Å²) in [5.74, 6) is -2.61. The summed E-state index contributed by atoms with van der Waals surface area (Å²) in [6, 6.07) is 0. The fraction of sp³-hybridized carbons (Fsp3) is 0.767. The Labute approximate surface area is 233 Å². The molecular weight excluding hydrogens is 520 g/mol. The molecule has 3 heterocycles. The number of fused-ring (bicyclic) bond motifs is 3. The molecule has 2 saturated heterocycles. The minimum absolute atomic E-state index is 0.0389. The van der Waals surface area contributed by atoms with E-state index < -0.39 is 75.6 Å². The average Bonchev–Trinajstić information content (AvgIpc) is 3.51. The minimum Gasteiger partial charge on any atom is -0.462 e. The van der Waals surface area contributed by atoms with E-state index in [1.807, 2.05) is 27.7 Å². The van der Waals surface area contributed by atoms with Gasteiger partial charge in [-0.2, -0.15) is 0 Å². The molecule has 0 bridgehead atoms. The molecule has 6 unspecified atom stereocenters. The van der Waals surface area contributed by atoms with E-state index in [2.05, 4.69) is 6.92 Å². The smallest absolute Gasteiger partial charge is 0.339 e. The van der Waals surface area contributed by atoms with E-state index >= 15 is 0 Å². The van der Waals surface area contributed by atoms with Gasteiger partial charge in [0.15, 0.2) is 6.10 Å². The number of carbonyl (C=O) groups excluding carboxylic acids is 5. The van der Waals surface area contributed by atoms with Gasteiger partial charge in [0.25, 0.3) is 0 Å². The number of ether oxygens (including phenoxy) is 5. The van der Waals surface area contributed by atoms with Gasteiger partial charge in [-0.25, -0.2) is 9.59 Å². The maximum Gasteiger partial charge on any atom is 0.339 e. The molecule has 0 aromatic heterocycles. The van der Waals surface area contributed by atoms with Crippen molar-refractivity contribution >= 4 is 29.7 Å². The second kappa shape index (κ2) is 8.17. The van der Waals surface area contributed by atoms with Crippen LogP contribution in [0.3, 0.4) is 0 Å². The Hall–Kier alpha value is -2.75. The summed E-state index contributed by atoms with van der Waals surface area (Å²) in [6.07, 6.45) is 0.173. The number of ketones is 1. The zero-order chi connectivity index (χ0) is 29.2. The number of carbonyl (C=O) groups is 5. The molecule has 10 atom stereocenters. The van der Waals surface area contributed by atoms with Gasteiger partial charge < -0.3 is 23.7 Å². The molecule has 3 saturated carbocycles. The quantitative estimate of drug-likeness (QED) is 0.289. The van der Waals surface area contributed by atoms with Crippen LogP contribution in [0.15, 0.2) is 11.6 Å². The maximum absolute atomic E-state index is 14.6. The molecule has 10 nitrogen and oxygen atoms in total. The van der Waals surface area contributed by atoms with Gasteiger partial charge in [-0.15, -0.1) is 0 Å². The van der Waals surface area contributed by atoms with Crippen LogP contribution >= 0.6 is 0 Å². The molecule has 10 heteroatoms. The van der Waals surface area contributed by atoms with Crippen LogP contribution < -0.4 is 0 Å². The maximum atomic E-state index is 14.6. The van der Waals surface area contributed by atoms with E-state index in [0.29, 0.717) is 24.8 Å². The Bertz CT molecular complexity index is 1270. The Morgan fingerprint density at radius 1 is 0.925 bits per heavy atom. The summed E-state index contributed by atoms with van der Waals surface area (Å²) in [5, 5.41) is 0. The Morgan fingerprint density at radius 2 is 1.57 bits per heavy atom. The van der Waals surface area contributed by atoms with Crippen molar-refractivity contribution < 1.29 is 47.7 Å². The van der Waals surface area contributed by atoms with Crippen LogP contribution in [0.2, 0.25) is 0 Å². The van der Waals surface area contributed by atoms with Crippen LogP contribution in [0.25, 0.3) is 0 Å². The molecule has 0 N–H and O–H groups in total. The van der Waals surface area contributed by atoms with E-state index in [0.717, 1.165) is 0 Å². The zero-order valence-electron chi connectivity index (χ0n) is 24.2. The first-order valence-corrected chi connectivity index (χ1v) is 14.2. The Kier molecular flexibility index (Phi) is 5.60. The second-order valence-corrected chi connectivity index (χ2v) is 13.8. The molecule has 218 valence electrons. The monoisotopic (exact) mass is 558 g/mol. The van der Waals surface area contributed by atoms with Gasteiger partial charge in [-0.3, -0.25) is 14.4 Å². The topological polar surface area (TPSA) is 135 Å². The largest absolute Gasteiger partial charge is 0.462 e. The fourth-order valence-electron chi connectivity index (χ4n) is 10.1. The summed E-state index contributed by atoms with van der Waals surface area (Å²) in [6.45, 7) is 12.8. The first kappa shape index (κ1) is 27.4. The van der Waals surface area contributed by atoms with Gasteiger partial charge in [-0.1, -0.05) is 27.7 Å². The van der Waals surface area contributed by atoms with E-state index in [1.165, 1.54) is 13.8 Å². The molecule has 6 rings (SSSR count). The van der Waals surface area contributed by atoms with E-state index in [1.54, 1.807) is 6.08 Å². The second-order valence-electron chi connectivity index (χ2n) is 13.8. The number of Topliss-reactive ketones (excluding diaryl/α,β-unsaturated/α-hetero) is 1. The predicted molar refractivity (Wildman–Crippen MR) is 136 cm³/mol. The van der Waals surface area contributed by atoms with E-state index in [9.17, 15) is 24.0 Å². The van der Waals surface area contributed by atoms with Gasteiger partial charge in [0.2, 0.25) is 0 Å². The van der Waals surface area contributed by atoms with Gasteiger partial charge >= 0.3 is 23.9 Å². The molecule has 5 fully saturated rings. The molecule has 0 aromatic carbocycles. The summed E-state index contributed by atoms with van der Waals surface area (Å²) in [4.78, 5) is 64.9. The highest BCUT2D eigenvalue weighted by atomic mass is 16.7. The fourth-order valence-corrected chi connectivity index (χ4v) is 10.1. The van der Waals surface area contributed by atoms with Gasteiger partial charge in [0, 0.05) is 42.9 Å². The lowest BCUT2D eigenvalue weighted by Crippen LogP contribution is -2.75. The highest BCUT2D eigenvalue weighted by Gasteiger charge is 2.89. The van der Waals surface area contributed by atoms with Crippen LogP contribution in [0.5, 0.6) is 0 Å². The molecule has 0 aromatic rings. The molecule has 40 heavy (non-hydrogen) atoms. The van der Waals surface area contributed by atoms with E-state index in [-0.39, 0.29) is 30.6 Å². The highest BCUT2D eigenvalue weighted by Crippen LogP contribution is 2.78. The molecule has 3 aliphatic carbocycles. The SMILES string of the molecule is CC(=O)O[C@H]1C[C@@H](OC(C)=O)C(C)(C)C2CC(=O)C3(C)C(CC[C@@]4(C)[C@H](C5=CCOC5=O)OC(=O)C5OC534)C21C. The predicted octanol–water partition coefficient (Wildman–Crippen LogP) is 2.84. The van der Waals surface area contributed by atoms with Crippen molar-refractivity contribution in [3.05, 3.63) is 11.6 Å². The van der Waals surface area contributed by atoms with E-state index in [4.69, 9.17) is 23.7 Å². The lowest BCUT2D eigenvalue weighted by atomic mass is 9.34. The number of esters is 4. The third-order valence-electron chi connectivity index (χ3n) is 11.9. The first-order chi connectivity index (χ1) is 18.6. The van der Waals surface area contributed by atoms with Crippen molar-refractivity contribution in [1.29, 1.82) is 0 Å². The molecule has 0 radical (unpaired) electrons. The number of rotatable bonds is 3. The highest BCUT2D eigenvalue weighted by molar-refractivity contribution is 5.96. The molecule has 0 amide bonds. The third-order valence-corrected chi connectivity index (χ3v) is 11.9. The van der Waals surface area contributed by atoms with Crippen molar-refractivity contribution in [3.8, 4) is 0 Å². The standard InChI is InChI=1S/C30H38O10/c1-14(31)37-20-13-21(38-15(2)32)28(6)17-8-10-27(5)22(16-9-11-36-24(16)34)39-25(35)23-30(27,40-23)29(17,7)19(33)12-18(28)26(20,3)4/h9,17-18,20-23H,8,10-13H2,1-7H3/t17?,18?,20-,21+,22+,23?,27+,28?,29?,30?/m1/s1. The van der Waals surface area contributed by atoms with Crippen molar-refractivity contribution in [2.75, 3.05) is 6.61 Å². The summed E-state index contributed by atoms with van der Waals surface area (Å²) in [5.41, 5.74) is -4.16. The minimum atomic E-state index is -1.19. The molecule has 1 spiro atoms. The van der Waals surface area contributed by atoms with Crippen molar-refractivity contribution in [1.82, 2.24) is 0 Å². The normalized spacial score (nSPS) is 48.3. The average molecular weight is 559 g/mol. The van der Waals surface area contributed by atoms with Crippen molar-refractivity contribution in [3.63, 3.8) is 0 Å². The first-order valence-electron chi connectivity index (χ1n) is 14.2. The zero-order valence-corrected chi connectivity index (χ0v) is 24.2. The van der Waals surface area contributed by atoms with Crippen LogP contribution in [0.4, 0.5) is 0 Å². The van der Waals surface area contributed by atoms with Crippen LogP contribution in [0.1, 0.15) is 74.1 Å². The summed E-state index contributed by atoms with van der Waals surface area (Å²) in [7, 11) is 0. The lowest BCUT2D eigenvalue weighted by Gasteiger charge is -2.69.